The zero-order valence-electron chi connectivity index (χ0n) is 8.12. The van der Waals surface area contributed by atoms with Gasteiger partial charge in [-0.15, -0.1) is 0 Å². The molecule has 82 valence electrons. The van der Waals surface area contributed by atoms with Crippen LogP contribution in [0.15, 0.2) is 36.7 Å². The third kappa shape index (κ3) is 4.12. The van der Waals surface area contributed by atoms with Crippen molar-refractivity contribution >= 4 is 0 Å². The van der Waals surface area contributed by atoms with Crippen molar-refractivity contribution in [2.24, 2.45) is 0 Å². The number of nitrogens with one attached hydrogen (secondary N) is 1. The van der Waals surface area contributed by atoms with E-state index in [4.69, 9.17) is 0 Å². The Labute approximate surface area is 85.8 Å². The van der Waals surface area contributed by atoms with Gasteiger partial charge in [0.25, 0.3) is 0 Å². The van der Waals surface area contributed by atoms with Gasteiger partial charge in [-0.05, 0) is 18.7 Å². The quantitative estimate of drug-likeness (QED) is 0.785. The van der Waals surface area contributed by atoms with E-state index in [1.165, 1.54) is 6.20 Å². The van der Waals surface area contributed by atoms with Crippen LogP contribution in [0.4, 0.5) is 13.2 Å². The zero-order chi connectivity index (χ0) is 11.3. The summed E-state index contributed by atoms with van der Waals surface area (Å²) in [6.45, 7) is 0. The molecule has 1 N–H and O–H groups in total. The molecular formula is C10H11F3N2. The molecule has 1 unspecified atom stereocenters. The first-order valence-electron chi connectivity index (χ1n) is 4.36. The van der Waals surface area contributed by atoms with Crippen molar-refractivity contribution in [2.75, 3.05) is 7.05 Å². The SMILES string of the molecule is CNC(/C=C\C(F)(F)F)c1cccnc1. The Hall–Kier alpha value is -1.36. The average Bonchev–Trinajstić information content (AvgIpc) is 2.19. The van der Waals surface area contributed by atoms with Gasteiger partial charge >= 0.3 is 6.18 Å². The maximum atomic E-state index is 11.9. The highest BCUT2D eigenvalue weighted by atomic mass is 19.4. The molecule has 0 aliphatic heterocycles. The van der Waals surface area contributed by atoms with Crippen LogP contribution in [0.5, 0.6) is 0 Å². The number of pyridine rings is 1. The van der Waals surface area contributed by atoms with Crippen LogP contribution in [-0.2, 0) is 0 Å². The third-order valence-corrected chi connectivity index (χ3v) is 1.83. The van der Waals surface area contributed by atoms with Crippen molar-refractivity contribution in [1.82, 2.24) is 10.3 Å². The van der Waals surface area contributed by atoms with Crippen LogP contribution in [0.1, 0.15) is 11.6 Å². The summed E-state index contributed by atoms with van der Waals surface area (Å²) in [5, 5.41) is 2.76. The van der Waals surface area contributed by atoms with Gasteiger partial charge in [-0.1, -0.05) is 12.1 Å². The van der Waals surface area contributed by atoms with Crippen LogP contribution >= 0.6 is 0 Å². The molecule has 0 saturated heterocycles. The second-order valence-corrected chi connectivity index (χ2v) is 2.95. The Bertz CT molecular complexity index is 319. The summed E-state index contributed by atoms with van der Waals surface area (Å²) in [4.78, 5) is 3.84. The molecule has 0 spiro atoms. The molecule has 5 heteroatoms. The number of hydrogen-bond acceptors (Lipinski definition) is 2. The largest absolute Gasteiger partial charge is 0.409 e. The Morgan fingerprint density at radius 3 is 2.67 bits per heavy atom. The highest BCUT2D eigenvalue weighted by Gasteiger charge is 2.22. The minimum absolute atomic E-state index is 0.223. The first-order chi connectivity index (χ1) is 7.03. The van der Waals surface area contributed by atoms with E-state index in [1.54, 1.807) is 25.4 Å². The molecule has 1 aromatic heterocycles. The van der Waals surface area contributed by atoms with Crippen molar-refractivity contribution in [3.63, 3.8) is 0 Å². The maximum Gasteiger partial charge on any atom is 0.409 e. The van der Waals surface area contributed by atoms with Gasteiger partial charge in [-0.3, -0.25) is 4.98 Å². The van der Waals surface area contributed by atoms with E-state index in [0.717, 1.165) is 6.08 Å². The lowest BCUT2D eigenvalue weighted by Crippen LogP contribution is -2.15. The molecule has 0 amide bonds. The lowest BCUT2D eigenvalue weighted by atomic mass is 10.1. The number of allylic oxidation sites excluding steroid dienone is 1. The molecule has 15 heavy (non-hydrogen) atoms. The molecule has 1 aromatic rings. The second kappa shape index (κ2) is 4.93. The number of nitrogens with zero attached hydrogens (tertiary/aromatic N) is 1. The number of halogens is 3. The van der Waals surface area contributed by atoms with E-state index < -0.39 is 12.2 Å². The zero-order valence-corrected chi connectivity index (χ0v) is 8.12. The van der Waals surface area contributed by atoms with Gasteiger partial charge in [0.05, 0.1) is 6.04 Å². The van der Waals surface area contributed by atoms with Crippen LogP contribution in [0, 0.1) is 0 Å². The molecule has 0 aromatic carbocycles. The van der Waals surface area contributed by atoms with E-state index >= 15 is 0 Å². The molecule has 1 rings (SSSR count). The van der Waals surface area contributed by atoms with Crippen LogP contribution in [0.25, 0.3) is 0 Å². The number of likely N-dealkylation sites (N-methyl/N-ethyl adjacent to an activating group) is 1. The van der Waals surface area contributed by atoms with Crippen LogP contribution in [0.2, 0.25) is 0 Å². The summed E-state index contributed by atoms with van der Waals surface area (Å²) >= 11 is 0. The molecule has 0 aliphatic rings. The molecule has 0 bridgehead atoms. The number of alkyl halides is 3. The lowest BCUT2D eigenvalue weighted by Gasteiger charge is -2.11. The number of hydrogen-bond donors (Lipinski definition) is 1. The van der Waals surface area contributed by atoms with E-state index in [1.807, 2.05) is 0 Å². The lowest BCUT2D eigenvalue weighted by molar-refractivity contribution is -0.0801. The highest BCUT2D eigenvalue weighted by molar-refractivity contribution is 5.19. The fraction of sp³-hybridized carbons (Fsp3) is 0.300. The third-order valence-electron chi connectivity index (χ3n) is 1.83. The van der Waals surface area contributed by atoms with Gasteiger partial charge < -0.3 is 5.32 Å². The van der Waals surface area contributed by atoms with Gasteiger partial charge in [0, 0.05) is 18.5 Å². The summed E-state index contributed by atoms with van der Waals surface area (Å²) in [6, 6.07) is 2.93. The van der Waals surface area contributed by atoms with Gasteiger partial charge in [0.15, 0.2) is 0 Å². The Morgan fingerprint density at radius 1 is 1.47 bits per heavy atom. The molecular weight excluding hydrogens is 205 g/mol. The van der Waals surface area contributed by atoms with E-state index in [9.17, 15) is 13.2 Å². The van der Waals surface area contributed by atoms with Crippen LogP contribution < -0.4 is 5.32 Å². The summed E-state index contributed by atoms with van der Waals surface area (Å²) in [5.74, 6) is 0. The average molecular weight is 216 g/mol. The summed E-state index contributed by atoms with van der Waals surface area (Å²) in [7, 11) is 1.60. The topological polar surface area (TPSA) is 24.9 Å². The predicted molar refractivity (Wildman–Crippen MR) is 51.2 cm³/mol. The first-order valence-corrected chi connectivity index (χ1v) is 4.36. The minimum Gasteiger partial charge on any atom is -0.310 e. The second-order valence-electron chi connectivity index (χ2n) is 2.95. The molecule has 0 fully saturated rings. The fourth-order valence-electron chi connectivity index (χ4n) is 1.14. The normalized spacial score (nSPS) is 14.4. The highest BCUT2D eigenvalue weighted by Crippen LogP contribution is 2.19. The Morgan fingerprint density at radius 2 is 2.20 bits per heavy atom. The van der Waals surface area contributed by atoms with E-state index in [0.29, 0.717) is 5.56 Å². The summed E-state index contributed by atoms with van der Waals surface area (Å²) in [5.41, 5.74) is 0.695. The van der Waals surface area contributed by atoms with Crippen molar-refractivity contribution in [3.05, 3.63) is 42.2 Å². The smallest absolute Gasteiger partial charge is 0.310 e. The molecule has 2 nitrogen and oxygen atoms in total. The van der Waals surface area contributed by atoms with Crippen LogP contribution in [-0.4, -0.2) is 18.2 Å². The Balaban J connectivity index is 2.78. The monoisotopic (exact) mass is 216 g/mol. The number of rotatable bonds is 3. The number of aromatic nitrogens is 1. The molecule has 0 radical (unpaired) electrons. The molecule has 1 heterocycles. The predicted octanol–water partition coefficient (Wildman–Crippen LogP) is 2.46. The summed E-state index contributed by atoms with van der Waals surface area (Å²) < 4.78 is 35.8. The Kier molecular flexibility index (Phi) is 3.85. The van der Waals surface area contributed by atoms with E-state index in [-0.39, 0.29) is 6.08 Å². The standard InChI is InChI=1S/C10H11F3N2/c1-14-9(4-5-10(11,12)13)8-3-2-6-15-7-8/h2-7,9,14H,1H3/b5-4-. The van der Waals surface area contributed by atoms with Gasteiger partial charge in [0.1, 0.15) is 0 Å². The molecule has 0 aliphatic carbocycles. The van der Waals surface area contributed by atoms with Crippen LogP contribution in [0.3, 0.4) is 0 Å². The summed E-state index contributed by atoms with van der Waals surface area (Å²) in [6.07, 6.45) is 0.112. The molecule has 0 saturated carbocycles. The minimum atomic E-state index is -4.28. The molecule has 1 atom stereocenters. The van der Waals surface area contributed by atoms with Crippen molar-refractivity contribution < 1.29 is 13.2 Å². The van der Waals surface area contributed by atoms with Crippen molar-refractivity contribution in [3.8, 4) is 0 Å². The van der Waals surface area contributed by atoms with Crippen molar-refractivity contribution in [2.45, 2.75) is 12.2 Å². The maximum absolute atomic E-state index is 11.9. The van der Waals surface area contributed by atoms with Gasteiger partial charge in [-0.25, -0.2) is 0 Å². The van der Waals surface area contributed by atoms with Gasteiger partial charge in [-0.2, -0.15) is 13.2 Å². The van der Waals surface area contributed by atoms with E-state index in [2.05, 4.69) is 10.3 Å². The fourth-order valence-corrected chi connectivity index (χ4v) is 1.14. The first kappa shape index (κ1) is 11.7. The van der Waals surface area contributed by atoms with Crippen molar-refractivity contribution in [1.29, 1.82) is 0 Å². The van der Waals surface area contributed by atoms with Gasteiger partial charge in [0.2, 0.25) is 0 Å².